The number of carbonyl (C=O) groups excluding carboxylic acids is 1. The van der Waals surface area contributed by atoms with Gasteiger partial charge in [0.1, 0.15) is 6.54 Å². The van der Waals surface area contributed by atoms with E-state index in [-0.39, 0.29) is 11.6 Å². The zero-order valence-electron chi connectivity index (χ0n) is 14.5. The van der Waals surface area contributed by atoms with E-state index in [0.717, 1.165) is 30.5 Å². The van der Waals surface area contributed by atoms with Crippen molar-refractivity contribution in [3.05, 3.63) is 17.5 Å². The minimum absolute atomic E-state index is 0.0727. The maximum absolute atomic E-state index is 12.2. The van der Waals surface area contributed by atoms with Gasteiger partial charge in [0.2, 0.25) is 5.91 Å². The number of carbonyl (C=O) groups is 1. The third kappa shape index (κ3) is 4.49. The van der Waals surface area contributed by atoms with Gasteiger partial charge in [-0.3, -0.25) is 14.8 Å². The van der Waals surface area contributed by atoms with Crippen LogP contribution < -0.4 is 10.6 Å². The molecule has 24 heavy (non-hydrogen) atoms. The van der Waals surface area contributed by atoms with Crippen molar-refractivity contribution in [3.63, 3.8) is 0 Å². The molecule has 1 aromatic rings. The molecule has 1 heterocycles. The van der Waals surface area contributed by atoms with E-state index in [1.807, 2.05) is 10.00 Å². The minimum Gasteiger partial charge on any atom is -0.346 e. The van der Waals surface area contributed by atoms with E-state index in [1.54, 1.807) is 13.1 Å². The standard InChI is InChI=1S/C16H25F3N4O/c1-10(14(24)20-9-16(17,18)19)22-12-6-5-7-13-11(12)8-21-23(13)15(2,3)4/h8,10,12,22H,5-7,9H2,1-4H3,(H,20,24)/t10-,12-/m1/s1. The Labute approximate surface area is 140 Å². The molecule has 0 aliphatic heterocycles. The van der Waals surface area contributed by atoms with Gasteiger partial charge >= 0.3 is 6.18 Å². The molecule has 0 aromatic carbocycles. The molecule has 0 fully saturated rings. The van der Waals surface area contributed by atoms with Crippen LogP contribution in [0.4, 0.5) is 13.2 Å². The third-order valence-electron chi connectivity index (χ3n) is 4.13. The first-order chi connectivity index (χ1) is 11.0. The molecule has 8 heteroatoms. The lowest BCUT2D eigenvalue weighted by atomic mass is 9.91. The van der Waals surface area contributed by atoms with E-state index in [4.69, 9.17) is 0 Å². The molecule has 0 radical (unpaired) electrons. The van der Waals surface area contributed by atoms with Crippen molar-refractivity contribution in [2.75, 3.05) is 6.54 Å². The molecule has 5 nitrogen and oxygen atoms in total. The second-order valence-corrected chi connectivity index (χ2v) is 7.30. The molecule has 0 unspecified atom stereocenters. The average Bonchev–Trinajstić information content (AvgIpc) is 2.88. The van der Waals surface area contributed by atoms with Crippen LogP contribution in [0.2, 0.25) is 0 Å². The molecule has 0 spiro atoms. The Balaban J connectivity index is 2.05. The lowest BCUT2D eigenvalue weighted by Gasteiger charge is -2.29. The Hall–Kier alpha value is -1.57. The topological polar surface area (TPSA) is 59.0 Å². The summed E-state index contributed by atoms with van der Waals surface area (Å²) in [5, 5.41) is 9.53. The summed E-state index contributed by atoms with van der Waals surface area (Å²) in [5.41, 5.74) is 2.03. The largest absolute Gasteiger partial charge is 0.405 e. The SMILES string of the molecule is C[C@@H](N[C@@H]1CCCc2c1cnn2C(C)(C)C)C(=O)NCC(F)(F)F. The fraction of sp³-hybridized carbons (Fsp3) is 0.750. The maximum atomic E-state index is 12.2. The molecule has 136 valence electrons. The summed E-state index contributed by atoms with van der Waals surface area (Å²) in [5.74, 6) is -0.650. The van der Waals surface area contributed by atoms with Crippen molar-refractivity contribution < 1.29 is 18.0 Å². The summed E-state index contributed by atoms with van der Waals surface area (Å²) in [7, 11) is 0. The van der Waals surface area contributed by atoms with Gasteiger partial charge in [0.15, 0.2) is 0 Å². The monoisotopic (exact) mass is 346 g/mol. The molecule has 0 bridgehead atoms. The first-order valence-corrected chi connectivity index (χ1v) is 8.17. The quantitative estimate of drug-likeness (QED) is 0.881. The molecular weight excluding hydrogens is 321 g/mol. The molecule has 1 aromatic heterocycles. The zero-order valence-corrected chi connectivity index (χ0v) is 14.5. The number of rotatable bonds is 4. The van der Waals surface area contributed by atoms with E-state index in [1.165, 1.54) is 0 Å². The van der Waals surface area contributed by atoms with Gasteiger partial charge in [-0.15, -0.1) is 0 Å². The maximum Gasteiger partial charge on any atom is 0.405 e. The van der Waals surface area contributed by atoms with Crippen LogP contribution in [0.1, 0.15) is 57.8 Å². The van der Waals surface area contributed by atoms with E-state index in [9.17, 15) is 18.0 Å². The van der Waals surface area contributed by atoms with Crippen LogP contribution in [0, 0.1) is 0 Å². The summed E-state index contributed by atoms with van der Waals surface area (Å²) >= 11 is 0. The Kier molecular flexibility index (Phi) is 5.27. The highest BCUT2D eigenvalue weighted by molar-refractivity contribution is 5.81. The van der Waals surface area contributed by atoms with Crippen LogP contribution >= 0.6 is 0 Å². The van der Waals surface area contributed by atoms with Gasteiger partial charge in [0.05, 0.1) is 17.8 Å². The smallest absolute Gasteiger partial charge is 0.346 e. The number of nitrogens with one attached hydrogen (secondary N) is 2. The number of amides is 1. The van der Waals surface area contributed by atoms with E-state index in [2.05, 4.69) is 31.2 Å². The molecule has 1 aliphatic rings. The molecule has 0 saturated heterocycles. The van der Waals surface area contributed by atoms with Crippen LogP contribution in [0.5, 0.6) is 0 Å². The Morgan fingerprint density at radius 3 is 2.67 bits per heavy atom. The van der Waals surface area contributed by atoms with Crippen molar-refractivity contribution >= 4 is 5.91 Å². The number of alkyl halides is 3. The van der Waals surface area contributed by atoms with Crippen molar-refractivity contribution in [2.45, 2.75) is 70.8 Å². The lowest BCUT2D eigenvalue weighted by molar-refractivity contribution is -0.139. The normalized spacial score (nSPS) is 19.7. The highest BCUT2D eigenvalue weighted by atomic mass is 19.4. The number of hydrogen-bond donors (Lipinski definition) is 2. The Morgan fingerprint density at radius 2 is 2.08 bits per heavy atom. The Bertz CT molecular complexity index is 589. The predicted octanol–water partition coefficient (Wildman–Crippen LogP) is 2.67. The van der Waals surface area contributed by atoms with Crippen molar-refractivity contribution in [2.24, 2.45) is 0 Å². The van der Waals surface area contributed by atoms with Gasteiger partial charge in [-0.2, -0.15) is 18.3 Å². The van der Waals surface area contributed by atoms with E-state index >= 15 is 0 Å². The number of fused-ring (bicyclic) bond motifs is 1. The summed E-state index contributed by atoms with van der Waals surface area (Å²) in [4.78, 5) is 11.8. The molecule has 1 amide bonds. The summed E-state index contributed by atoms with van der Waals surface area (Å²) in [6.07, 6.45) is 0.0987. The predicted molar refractivity (Wildman–Crippen MR) is 84.6 cm³/mol. The van der Waals surface area contributed by atoms with Crippen LogP contribution in [-0.4, -0.2) is 34.5 Å². The number of nitrogens with zero attached hydrogens (tertiary/aromatic N) is 2. The second-order valence-electron chi connectivity index (χ2n) is 7.30. The molecule has 2 N–H and O–H groups in total. The Morgan fingerprint density at radius 1 is 1.42 bits per heavy atom. The minimum atomic E-state index is -4.40. The van der Waals surface area contributed by atoms with Crippen LogP contribution in [0.3, 0.4) is 0 Å². The van der Waals surface area contributed by atoms with Gasteiger partial charge in [0, 0.05) is 17.3 Å². The van der Waals surface area contributed by atoms with Crippen molar-refractivity contribution in [3.8, 4) is 0 Å². The molecule has 2 atom stereocenters. The lowest BCUT2D eigenvalue weighted by Crippen LogP contribution is -2.46. The van der Waals surface area contributed by atoms with Gasteiger partial charge in [-0.25, -0.2) is 0 Å². The summed E-state index contributed by atoms with van der Waals surface area (Å²) in [6, 6.07) is -0.780. The van der Waals surface area contributed by atoms with E-state index < -0.39 is 24.7 Å². The van der Waals surface area contributed by atoms with Crippen molar-refractivity contribution in [1.82, 2.24) is 20.4 Å². The second kappa shape index (κ2) is 6.74. The van der Waals surface area contributed by atoms with Gasteiger partial charge < -0.3 is 5.32 Å². The highest BCUT2D eigenvalue weighted by Crippen LogP contribution is 2.32. The molecule has 0 saturated carbocycles. The van der Waals surface area contributed by atoms with Crippen molar-refractivity contribution in [1.29, 1.82) is 0 Å². The highest BCUT2D eigenvalue weighted by Gasteiger charge is 2.31. The van der Waals surface area contributed by atoms with Gasteiger partial charge in [-0.1, -0.05) is 0 Å². The zero-order chi connectivity index (χ0) is 18.1. The van der Waals surface area contributed by atoms with Crippen LogP contribution in [0.25, 0.3) is 0 Å². The van der Waals surface area contributed by atoms with Gasteiger partial charge in [0.25, 0.3) is 0 Å². The fourth-order valence-electron chi connectivity index (χ4n) is 3.03. The molecular formula is C16H25F3N4O. The number of halogens is 3. The fourth-order valence-corrected chi connectivity index (χ4v) is 3.03. The number of aromatic nitrogens is 2. The third-order valence-corrected chi connectivity index (χ3v) is 4.13. The van der Waals surface area contributed by atoms with E-state index in [0.29, 0.717) is 0 Å². The van der Waals surface area contributed by atoms with Gasteiger partial charge in [-0.05, 0) is 47.0 Å². The summed E-state index contributed by atoms with van der Waals surface area (Å²) < 4.78 is 38.6. The van der Waals surface area contributed by atoms with Crippen LogP contribution in [0.15, 0.2) is 6.20 Å². The molecule has 1 aliphatic carbocycles. The molecule has 2 rings (SSSR count). The number of hydrogen-bond acceptors (Lipinski definition) is 3. The first kappa shape index (κ1) is 18.8. The summed E-state index contributed by atoms with van der Waals surface area (Å²) in [6.45, 7) is 6.49. The average molecular weight is 346 g/mol. The van der Waals surface area contributed by atoms with Crippen LogP contribution in [-0.2, 0) is 16.8 Å². The first-order valence-electron chi connectivity index (χ1n) is 8.17.